The normalized spacial score (nSPS) is 17.0. The van der Waals surface area contributed by atoms with Crippen LogP contribution in [-0.2, 0) is 54.4 Å². The van der Waals surface area contributed by atoms with Crippen molar-refractivity contribution in [3.05, 3.63) is 65.7 Å². The molecule has 1 saturated heterocycles. The molecule has 2 aromatic carbocycles. The minimum atomic E-state index is -1.07. The third-order valence-electron chi connectivity index (χ3n) is 16.6. The van der Waals surface area contributed by atoms with Crippen LogP contribution in [0.4, 0.5) is 15.3 Å². The minimum absolute atomic E-state index is 0.0822. The van der Waals surface area contributed by atoms with Gasteiger partial charge in [0.15, 0.2) is 5.78 Å². The number of ether oxygens (including phenoxy) is 3. The van der Waals surface area contributed by atoms with Crippen LogP contribution in [0.15, 0.2) is 54.6 Å². The average molecular weight is 1220 g/mol. The van der Waals surface area contributed by atoms with Crippen molar-refractivity contribution < 1.29 is 62.5 Å². The quantitative estimate of drug-likeness (QED) is 0.0284. The molecule has 3 rings (SSSR count). The lowest BCUT2D eigenvalue weighted by molar-refractivity contribution is -0.148. The number of carbonyl (C=O) groups excluding carboxylic acids is 9. The standard InChI is InChI=1S/C65H101N9O13/c1-16-18-20-29-52(76)70-54(39(3)4)50(75)36-47(27-23-34-67-64(66)83)61(80)69-48-32-30-45(31-33-48)38-87-65(84)73(13)56(41(7)8)62(81)71-55(40(5)6)63(82)72(12)57(42(9)17-2)51(85-14)37-53(77)74-35-24-28-49(74)59(86-15)43(10)60(79)68-44(11)58(78)46-25-21-19-22-26-46/h1,19,21-22,25-26,30-33,39-44,47,49,51,54-59,78H,17-18,20,23-24,27-29,34-38H2,2-15H3,(H,68,79)(H,69,80)(H,70,76)(H,71,81)(H3,66,67,83)/t42-,43+,44+,47+,49-,51+,54?,55-,56-,57-,58+,59+/m0/s1. The monoisotopic (exact) mass is 1220 g/mol. The first kappa shape index (κ1) is 74.2. The number of aliphatic hydroxyl groups is 1. The lowest BCUT2D eigenvalue weighted by Crippen LogP contribution is -2.60. The summed E-state index contributed by atoms with van der Waals surface area (Å²) in [5.41, 5.74) is 6.86. The van der Waals surface area contributed by atoms with Gasteiger partial charge in [0.1, 0.15) is 18.7 Å². The van der Waals surface area contributed by atoms with Crippen LogP contribution in [0.3, 0.4) is 0 Å². The van der Waals surface area contributed by atoms with E-state index >= 15 is 0 Å². The predicted octanol–water partition coefficient (Wildman–Crippen LogP) is 6.49. The number of nitrogens with zero attached hydrogens (tertiary/aromatic N) is 3. The van der Waals surface area contributed by atoms with Crippen LogP contribution < -0.4 is 32.3 Å². The van der Waals surface area contributed by atoms with Crippen molar-refractivity contribution in [2.45, 2.75) is 195 Å². The summed E-state index contributed by atoms with van der Waals surface area (Å²) >= 11 is 0. The molecule has 0 radical (unpaired) electrons. The summed E-state index contributed by atoms with van der Waals surface area (Å²) in [5.74, 6) is -2.89. The van der Waals surface area contributed by atoms with E-state index in [1.54, 1.807) is 94.8 Å². The van der Waals surface area contributed by atoms with Gasteiger partial charge < -0.3 is 61.4 Å². The summed E-state index contributed by atoms with van der Waals surface area (Å²) in [6.45, 7) is 18.6. The van der Waals surface area contributed by atoms with Gasteiger partial charge in [-0.15, -0.1) is 12.3 Å². The van der Waals surface area contributed by atoms with Crippen LogP contribution in [0, 0.1) is 47.9 Å². The number of hydrogen-bond acceptors (Lipinski definition) is 13. The number of nitrogens with one attached hydrogen (secondary N) is 5. The average Bonchev–Trinajstić information content (AvgIpc) is 3.22. The highest BCUT2D eigenvalue weighted by Gasteiger charge is 2.44. The van der Waals surface area contributed by atoms with Gasteiger partial charge in [0.2, 0.25) is 35.4 Å². The number of terminal acetylenes is 1. The van der Waals surface area contributed by atoms with E-state index in [4.69, 9.17) is 26.4 Å². The van der Waals surface area contributed by atoms with Gasteiger partial charge in [-0.25, -0.2) is 9.59 Å². The SMILES string of the molecule is C#CCCCC(=O)NC(C(=O)C[C@@H](CCCNC(N)=O)C(=O)Nc1ccc(COC(=O)N(C)[C@H](C(=O)N[C@H](C(=O)N(C)[C@@H]([C@@H](C)CC)[C@@H](CC(=O)N2CCC[C@H]2[C@H](OC)[C@@H](C)C(=O)N[C@H](C)[C@@H](O)c2ccccc2)OC)C(C)C)C(C)C)cc1)C(C)C. The number of carbonyl (C=O) groups is 9. The van der Waals surface area contributed by atoms with Gasteiger partial charge >= 0.3 is 12.1 Å². The number of likely N-dealkylation sites (N-methyl/N-ethyl adjacent to an activating group) is 2. The van der Waals surface area contributed by atoms with Gasteiger partial charge in [-0.2, -0.15) is 0 Å². The number of aliphatic hydroxyl groups excluding tert-OH is 1. The molecule has 22 nitrogen and oxygen atoms in total. The Labute approximate surface area is 516 Å². The number of urea groups is 1. The smallest absolute Gasteiger partial charge is 0.410 e. The molecule has 0 aliphatic carbocycles. The maximum Gasteiger partial charge on any atom is 0.410 e. The van der Waals surface area contributed by atoms with Crippen LogP contribution in [0.2, 0.25) is 0 Å². The first-order valence-electron chi connectivity index (χ1n) is 30.7. The van der Waals surface area contributed by atoms with Crippen molar-refractivity contribution >= 4 is 59.0 Å². The molecule has 2 aromatic rings. The zero-order chi connectivity index (χ0) is 65.2. The van der Waals surface area contributed by atoms with E-state index in [1.807, 2.05) is 45.9 Å². The van der Waals surface area contributed by atoms with Gasteiger partial charge in [-0.3, -0.25) is 38.5 Å². The molecule has 1 aliphatic rings. The maximum absolute atomic E-state index is 14.8. The summed E-state index contributed by atoms with van der Waals surface area (Å²) in [6, 6.07) is 10.3. The highest BCUT2D eigenvalue weighted by molar-refractivity contribution is 5.97. The number of nitrogens with two attached hydrogens (primary N) is 1. The van der Waals surface area contributed by atoms with Crippen molar-refractivity contribution in [1.29, 1.82) is 0 Å². The molecule has 0 bridgehead atoms. The number of benzene rings is 2. The van der Waals surface area contributed by atoms with Gasteiger partial charge in [-0.1, -0.05) is 111 Å². The molecule has 12 atom stereocenters. The highest BCUT2D eigenvalue weighted by atomic mass is 16.6. The van der Waals surface area contributed by atoms with Crippen LogP contribution >= 0.6 is 0 Å². The second-order valence-corrected chi connectivity index (χ2v) is 24.2. The second kappa shape index (κ2) is 36.9. The predicted molar refractivity (Wildman–Crippen MR) is 333 cm³/mol. The van der Waals surface area contributed by atoms with Crippen molar-refractivity contribution in [2.75, 3.05) is 46.7 Å². The van der Waals surface area contributed by atoms with Crippen LogP contribution in [0.1, 0.15) is 151 Å². The molecular weight excluding hydrogens is 1110 g/mol. The number of ketones is 1. The number of amides is 9. The van der Waals surface area contributed by atoms with Crippen LogP contribution in [-0.4, -0.2) is 163 Å². The summed E-state index contributed by atoms with van der Waals surface area (Å²) in [5, 5.41) is 25.0. The number of Topliss-reactive ketones (excluding diaryl/α,β-unsaturated/α-hetero) is 1. The Morgan fingerprint density at radius 3 is 1.99 bits per heavy atom. The maximum atomic E-state index is 14.8. The Bertz CT molecular complexity index is 2600. The molecule has 9 amide bonds. The van der Waals surface area contributed by atoms with Crippen molar-refractivity contribution in [1.82, 2.24) is 36.0 Å². The lowest BCUT2D eigenvalue weighted by Gasteiger charge is -2.41. The molecule has 1 fully saturated rings. The van der Waals surface area contributed by atoms with E-state index in [9.17, 15) is 48.3 Å². The van der Waals surface area contributed by atoms with Crippen molar-refractivity contribution in [3.63, 3.8) is 0 Å². The molecule has 484 valence electrons. The fraction of sp³-hybridized carbons (Fsp3) is 0.646. The second-order valence-electron chi connectivity index (χ2n) is 24.2. The fourth-order valence-corrected chi connectivity index (χ4v) is 11.3. The number of primary amides is 1. The molecule has 0 spiro atoms. The molecule has 87 heavy (non-hydrogen) atoms. The number of unbranched alkanes of at least 4 members (excludes halogenated alkanes) is 1. The highest BCUT2D eigenvalue weighted by Crippen LogP contribution is 2.31. The topological polar surface area (TPSA) is 297 Å². The molecule has 8 N–H and O–H groups in total. The van der Waals surface area contributed by atoms with Crippen LogP contribution in [0.5, 0.6) is 0 Å². The molecule has 0 saturated carbocycles. The molecule has 1 unspecified atom stereocenters. The largest absolute Gasteiger partial charge is 0.445 e. The summed E-state index contributed by atoms with van der Waals surface area (Å²) in [4.78, 5) is 127. The van der Waals surface area contributed by atoms with E-state index < -0.39 is 108 Å². The minimum Gasteiger partial charge on any atom is -0.445 e. The van der Waals surface area contributed by atoms with E-state index in [0.29, 0.717) is 61.9 Å². The van der Waals surface area contributed by atoms with Gasteiger partial charge in [0, 0.05) is 72.3 Å². The Balaban J connectivity index is 1.71. The van der Waals surface area contributed by atoms with Crippen molar-refractivity contribution in [2.24, 2.45) is 41.2 Å². The van der Waals surface area contributed by atoms with E-state index in [0.717, 1.165) is 0 Å². The van der Waals surface area contributed by atoms with Crippen LogP contribution in [0.25, 0.3) is 0 Å². The first-order valence-corrected chi connectivity index (χ1v) is 30.7. The Morgan fingerprint density at radius 1 is 0.782 bits per heavy atom. The molecule has 0 aromatic heterocycles. The molecule has 1 aliphatic heterocycles. The molecule has 1 heterocycles. The third kappa shape index (κ3) is 22.5. The summed E-state index contributed by atoms with van der Waals surface area (Å²) in [7, 11) is 6.11. The fourth-order valence-electron chi connectivity index (χ4n) is 11.3. The zero-order valence-corrected chi connectivity index (χ0v) is 53.9. The van der Waals surface area contributed by atoms with E-state index in [2.05, 4.69) is 32.5 Å². The zero-order valence-electron chi connectivity index (χ0n) is 53.9. The first-order chi connectivity index (χ1) is 41.1. The van der Waals surface area contributed by atoms with E-state index in [-0.39, 0.29) is 74.2 Å². The number of anilines is 1. The number of hydrogen-bond donors (Lipinski definition) is 7. The van der Waals surface area contributed by atoms with Crippen molar-refractivity contribution in [3.8, 4) is 12.3 Å². The number of rotatable bonds is 36. The third-order valence-corrected chi connectivity index (χ3v) is 16.6. The Kier molecular flexibility index (Phi) is 31.5. The molecular formula is C65H101N9O13. The lowest BCUT2D eigenvalue weighted by atomic mass is 9.89. The Hall–Kier alpha value is -7.09. The van der Waals surface area contributed by atoms with E-state index in [1.165, 1.54) is 26.2 Å². The molecule has 22 heteroatoms. The summed E-state index contributed by atoms with van der Waals surface area (Å²) in [6.07, 6.45) is 5.44. The summed E-state index contributed by atoms with van der Waals surface area (Å²) < 4.78 is 17.7. The van der Waals surface area contributed by atoms with Gasteiger partial charge in [0.05, 0.1) is 54.8 Å². The van der Waals surface area contributed by atoms with Gasteiger partial charge in [0.25, 0.3) is 0 Å². The number of likely N-dealkylation sites (tertiary alicyclic amines) is 1. The van der Waals surface area contributed by atoms with Gasteiger partial charge in [-0.05, 0) is 86.0 Å². The number of methoxy groups -OCH3 is 2. The Morgan fingerprint density at radius 2 is 1.43 bits per heavy atom.